The lowest BCUT2D eigenvalue weighted by molar-refractivity contribution is 0.0202. The molecule has 0 bridgehead atoms. The molecule has 0 aromatic heterocycles. The summed E-state index contributed by atoms with van der Waals surface area (Å²) in [5.41, 5.74) is 3.35. The molecule has 3 aromatic rings. The average molecular weight is 458 g/mol. The number of hydrogen-bond acceptors (Lipinski definition) is 4. The number of nitrogens with zero attached hydrogens (tertiary/aromatic N) is 1. The summed E-state index contributed by atoms with van der Waals surface area (Å²) in [5.74, 6) is 2.98. The first kappa shape index (κ1) is 22.8. The summed E-state index contributed by atoms with van der Waals surface area (Å²) < 4.78 is 18.3. The molecule has 1 fully saturated rings. The summed E-state index contributed by atoms with van der Waals surface area (Å²) in [7, 11) is 1.70. The summed E-state index contributed by atoms with van der Waals surface area (Å²) in [5, 5.41) is 0. The Bertz CT molecular complexity index is 1100. The Morgan fingerprint density at radius 3 is 2.29 bits per heavy atom. The number of likely N-dealkylation sites (tertiary alicyclic amines) is 1. The smallest absolute Gasteiger partial charge is 0.127 e. The van der Waals surface area contributed by atoms with Gasteiger partial charge in [0.05, 0.1) is 7.11 Å². The maximum absolute atomic E-state index is 6.60. The van der Waals surface area contributed by atoms with Crippen LogP contribution in [0, 0.1) is 0 Å². The largest absolute Gasteiger partial charge is 0.497 e. The number of methoxy groups -OCH3 is 1. The molecule has 4 heteroatoms. The summed E-state index contributed by atoms with van der Waals surface area (Å²) >= 11 is 0. The molecule has 2 heterocycles. The minimum absolute atomic E-state index is 0.157. The predicted octanol–water partition coefficient (Wildman–Crippen LogP) is 6.25. The topological polar surface area (TPSA) is 30.9 Å². The van der Waals surface area contributed by atoms with Gasteiger partial charge in [-0.2, -0.15) is 0 Å². The van der Waals surface area contributed by atoms with Gasteiger partial charge in [-0.05, 0) is 56.1 Å². The zero-order valence-corrected chi connectivity index (χ0v) is 20.7. The van der Waals surface area contributed by atoms with E-state index in [0.29, 0.717) is 6.10 Å². The van der Waals surface area contributed by atoms with Gasteiger partial charge in [-0.15, -0.1) is 0 Å². The van der Waals surface area contributed by atoms with Crippen LogP contribution in [0.4, 0.5) is 0 Å². The molecule has 0 radical (unpaired) electrons. The molecule has 0 aliphatic carbocycles. The van der Waals surface area contributed by atoms with Gasteiger partial charge in [0.2, 0.25) is 0 Å². The van der Waals surface area contributed by atoms with Crippen molar-refractivity contribution in [1.29, 1.82) is 0 Å². The first-order valence-corrected chi connectivity index (χ1v) is 12.4. The van der Waals surface area contributed by atoms with Gasteiger partial charge in [0.1, 0.15) is 29.0 Å². The van der Waals surface area contributed by atoms with E-state index in [1.807, 2.05) is 12.1 Å². The number of fused-ring (bicyclic) bond motifs is 1. The maximum atomic E-state index is 6.60. The highest BCUT2D eigenvalue weighted by Gasteiger charge is 2.45. The molecule has 3 aromatic carbocycles. The SMILES string of the molecule is CCCN1CC(Oc2ccc([C@@H]3c4ccc(OC)cc4OC(C)(C)[C@H]3c3ccccc3)cc2)C1. The van der Waals surface area contributed by atoms with Crippen molar-refractivity contribution in [1.82, 2.24) is 4.90 Å². The Kier molecular flexibility index (Phi) is 6.26. The molecule has 178 valence electrons. The highest BCUT2D eigenvalue weighted by Crippen LogP contribution is 2.53. The van der Waals surface area contributed by atoms with Crippen LogP contribution in [0.3, 0.4) is 0 Å². The van der Waals surface area contributed by atoms with Crippen LogP contribution >= 0.6 is 0 Å². The van der Waals surface area contributed by atoms with Crippen molar-refractivity contribution in [2.45, 2.75) is 50.7 Å². The molecule has 0 saturated carbocycles. The molecule has 34 heavy (non-hydrogen) atoms. The predicted molar refractivity (Wildman–Crippen MR) is 136 cm³/mol. The van der Waals surface area contributed by atoms with E-state index in [1.54, 1.807) is 7.11 Å². The molecular weight excluding hydrogens is 422 g/mol. The fraction of sp³-hybridized carbons (Fsp3) is 0.400. The molecular formula is C30H35NO3. The van der Waals surface area contributed by atoms with Gasteiger partial charge in [0, 0.05) is 36.6 Å². The number of benzene rings is 3. The molecule has 0 spiro atoms. The van der Waals surface area contributed by atoms with Crippen molar-refractivity contribution in [3.63, 3.8) is 0 Å². The number of rotatable bonds is 7. The first-order chi connectivity index (χ1) is 16.5. The lowest BCUT2D eigenvalue weighted by Gasteiger charge is -2.45. The van der Waals surface area contributed by atoms with Crippen molar-refractivity contribution >= 4 is 0 Å². The van der Waals surface area contributed by atoms with Crippen LogP contribution in [0.1, 0.15) is 55.7 Å². The zero-order valence-electron chi connectivity index (χ0n) is 20.7. The second-order valence-corrected chi connectivity index (χ2v) is 10.0. The van der Waals surface area contributed by atoms with Crippen LogP contribution in [-0.2, 0) is 0 Å². The van der Waals surface area contributed by atoms with Crippen molar-refractivity contribution in [2.24, 2.45) is 0 Å². The normalized spacial score (nSPS) is 21.8. The van der Waals surface area contributed by atoms with E-state index < -0.39 is 5.60 Å². The van der Waals surface area contributed by atoms with E-state index in [0.717, 1.165) is 36.9 Å². The fourth-order valence-corrected chi connectivity index (χ4v) is 5.58. The standard InChI is InChI=1S/C30H35NO3/c1-5-17-31-19-25(20-31)33-23-13-11-21(12-14-23)28-26-16-15-24(32-4)18-27(26)34-30(2,3)29(28)22-9-7-6-8-10-22/h6-16,18,25,28-29H,5,17,19-20H2,1-4H3/t28-,29+/m1/s1. The minimum Gasteiger partial charge on any atom is -0.497 e. The van der Waals surface area contributed by atoms with E-state index in [1.165, 1.54) is 23.1 Å². The van der Waals surface area contributed by atoms with Gasteiger partial charge in [0.15, 0.2) is 0 Å². The molecule has 0 unspecified atom stereocenters. The van der Waals surface area contributed by atoms with Gasteiger partial charge < -0.3 is 14.2 Å². The van der Waals surface area contributed by atoms with Gasteiger partial charge in [-0.1, -0.05) is 55.5 Å². The highest BCUT2D eigenvalue weighted by molar-refractivity contribution is 5.52. The third-order valence-corrected chi connectivity index (χ3v) is 7.18. The molecule has 2 aliphatic heterocycles. The molecule has 2 atom stereocenters. The molecule has 0 amide bonds. The lowest BCUT2D eigenvalue weighted by Crippen LogP contribution is -2.53. The van der Waals surface area contributed by atoms with Crippen LogP contribution in [0.25, 0.3) is 0 Å². The van der Waals surface area contributed by atoms with Crippen LogP contribution < -0.4 is 14.2 Å². The summed E-state index contributed by atoms with van der Waals surface area (Å²) in [4.78, 5) is 2.44. The monoisotopic (exact) mass is 457 g/mol. The van der Waals surface area contributed by atoms with Crippen LogP contribution in [0.15, 0.2) is 72.8 Å². The van der Waals surface area contributed by atoms with Crippen molar-refractivity contribution < 1.29 is 14.2 Å². The maximum Gasteiger partial charge on any atom is 0.127 e. The Morgan fingerprint density at radius 1 is 0.912 bits per heavy atom. The summed E-state index contributed by atoms with van der Waals surface area (Å²) in [6, 6.07) is 25.7. The molecule has 1 saturated heterocycles. The number of ether oxygens (including phenoxy) is 3. The van der Waals surface area contributed by atoms with E-state index >= 15 is 0 Å². The van der Waals surface area contributed by atoms with Gasteiger partial charge >= 0.3 is 0 Å². The summed E-state index contributed by atoms with van der Waals surface area (Å²) in [6.45, 7) is 9.81. The Balaban J connectivity index is 1.48. The Morgan fingerprint density at radius 2 is 1.62 bits per heavy atom. The van der Waals surface area contributed by atoms with Crippen LogP contribution in [-0.4, -0.2) is 43.3 Å². The van der Waals surface area contributed by atoms with E-state index in [4.69, 9.17) is 14.2 Å². The van der Waals surface area contributed by atoms with E-state index in [9.17, 15) is 0 Å². The number of hydrogen-bond donors (Lipinski definition) is 0. The summed E-state index contributed by atoms with van der Waals surface area (Å²) in [6.07, 6.45) is 1.49. The van der Waals surface area contributed by atoms with E-state index in [2.05, 4.69) is 86.3 Å². The third kappa shape index (κ3) is 4.39. The third-order valence-electron chi connectivity index (χ3n) is 7.18. The van der Waals surface area contributed by atoms with E-state index in [-0.39, 0.29) is 11.8 Å². The van der Waals surface area contributed by atoms with Gasteiger partial charge in [0.25, 0.3) is 0 Å². The molecule has 0 N–H and O–H groups in total. The first-order valence-electron chi connectivity index (χ1n) is 12.4. The lowest BCUT2D eigenvalue weighted by atomic mass is 9.68. The molecule has 5 rings (SSSR count). The second-order valence-electron chi connectivity index (χ2n) is 10.0. The van der Waals surface area contributed by atoms with Crippen LogP contribution in [0.5, 0.6) is 17.2 Å². The second kappa shape index (κ2) is 9.34. The van der Waals surface area contributed by atoms with Gasteiger partial charge in [-0.3, -0.25) is 4.90 Å². The van der Waals surface area contributed by atoms with Gasteiger partial charge in [-0.25, -0.2) is 0 Å². The van der Waals surface area contributed by atoms with Crippen molar-refractivity contribution in [3.8, 4) is 17.2 Å². The Hall–Kier alpha value is -2.98. The zero-order chi connectivity index (χ0) is 23.7. The minimum atomic E-state index is -0.394. The van der Waals surface area contributed by atoms with Crippen molar-refractivity contribution in [2.75, 3.05) is 26.7 Å². The molecule has 2 aliphatic rings. The highest BCUT2D eigenvalue weighted by atomic mass is 16.5. The average Bonchev–Trinajstić information content (AvgIpc) is 2.82. The Labute approximate surface area is 203 Å². The van der Waals surface area contributed by atoms with Crippen LogP contribution in [0.2, 0.25) is 0 Å². The quantitative estimate of drug-likeness (QED) is 0.419. The fourth-order valence-electron chi connectivity index (χ4n) is 5.58. The van der Waals surface area contributed by atoms with Crippen molar-refractivity contribution in [3.05, 3.63) is 89.5 Å². The molecule has 4 nitrogen and oxygen atoms in total.